The highest BCUT2D eigenvalue weighted by Crippen LogP contribution is 2.59. The molecular weight excluding hydrogens is 400 g/mol. The first-order valence-corrected chi connectivity index (χ1v) is 11.5. The van der Waals surface area contributed by atoms with E-state index in [2.05, 4.69) is 45.4 Å². The normalized spacial score (nSPS) is 29.2. The zero-order chi connectivity index (χ0) is 22.3. The van der Waals surface area contributed by atoms with Gasteiger partial charge in [0.05, 0.1) is 18.2 Å². The lowest BCUT2D eigenvalue weighted by Crippen LogP contribution is -2.38. The van der Waals surface area contributed by atoms with Crippen LogP contribution in [-0.4, -0.2) is 52.7 Å². The summed E-state index contributed by atoms with van der Waals surface area (Å²) in [5.41, 5.74) is 9.95. The first kappa shape index (κ1) is 21.0. The Morgan fingerprint density at radius 1 is 1.25 bits per heavy atom. The van der Waals surface area contributed by atoms with Crippen molar-refractivity contribution in [3.63, 3.8) is 0 Å². The van der Waals surface area contributed by atoms with Crippen molar-refractivity contribution in [1.82, 2.24) is 15.2 Å². The van der Waals surface area contributed by atoms with Crippen molar-refractivity contribution in [3.8, 4) is 23.5 Å². The molecule has 6 heteroatoms. The molecule has 4 N–H and O–H groups in total. The predicted molar refractivity (Wildman–Crippen MR) is 125 cm³/mol. The number of likely N-dealkylation sites (tertiary alicyclic amines) is 1. The van der Waals surface area contributed by atoms with Gasteiger partial charge in [-0.2, -0.15) is 0 Å². The fourth-order valence-electron chi connectivity index (χ4n) is 5.58. The molecule has 2 heterocycles. The molecule has 3 aliphatic rings. The highest BCUT2D eigenvalue weighted by atomic mass is 16.3. The van der Waals surface area contributed by atoms with Crippen molar-refractivity contribution in [1.29, 1.82) is 0 Å². The summed E-state index contributed by atoms with van der Waals surface area (Å²) >= 11 is 0. The Labute approximate surface area is 189 Å². The Balaban J connectivity index is 1.30. The van der Waals surface area contributed by atoms with Crippen molar-refractivity contribution in [2.45, 2.75) is 49.7 Å². The van der Waals surface area contributed by atoms with Gasteiger partial charge in [-0.1, -0.05) is 30.2 Å². The molecule has 5 rings (SSSR count). The molecule has 32 heavy (non-hydrogen) atoms. The molecule has 1 aromatic heterocycles. The summed E-state index contributed by atoms with van der Waals surface area (Å²) in [6.45, 7) is 2.85. The zero-order valence-corrected chi connectivity index (χ0v) is 18.3. The van der Waals surface area contributed by atoms with Crippen LogP contribution < -0.4 is 11.1 Å². The third-order valence-corrected chi connectivity index (χ3v) is 7.52. The summed E-state index contributed by atoms with van der Waals surface area (Å²) in [6.07, 6.45) is 11.2. The SMILES string of the molecule is C#CCN1C[C@@H]2C[C@]2(c2ccc(-c3cnc(N)c(C(=O)N[C@H]4CC[C@H](O)CC4)c3)cc2)C1. The van der Waals surface area contributed by atoms with Gasteiger partial charge in [0.2, 0.25) is 0 Å². The van der Waals surface area contributed by atoms with Gasteiger partial charge in [0, 0.05) is 36.3 Å². The Morgan fingerprint density at radius 3 is 2.72 bits per heavy atom. The van der Waals surface area contributed by atoms with Gasteiger partial charge in [-0.3, -0.25) is 9.69 Å². The molecule has 1 aliphatic heterocycles. The van der Waals surface area contributed by atoms with E-state index in [1.807, 2.05) is 6.07 Å². The molecule has 2 saturated carbocycles. The number of anilines is 1. The van der Waals surface area contributed by atoms with Crippen LogP contribution >= 0.6 is 0 Å². The number of fused-ring (bicyclic) bond motifs is 1. The molecule has 2 aromatic rings. The van der Waals surface area contributed by atoms with E-state index in [1.54, 1.807) is 6.20 Å². The van der Waals surface area contributed by atoms with Crippen molar-refractivity contribution in [2.24, 2.45) is 5.92 Å². The number of nitrogens with zero attached hydrogens (tertiary/aromatic N) is 2. The molecule has 3 fully saturated rings. The van der Waals surface area contributed by atoms with Crippen molar-refractivity contribution in [3.05, 3.63) is 47.7 Å². The van der Waals surface area contributed by atoms with Crippen LogP contribution in [0.3, 0.4) is 0 Å². The van der Waals surface area contributed by atoms with Crippen LogP contribution in [-0.2, 0) is 5.41 Å². The second-order valence-corrected chi connectivity index (χ2v) is 9.64. The number of nitrogen functional groups attached to an aromatic ring is 1. The van der Waals surface area contributed by atoms with Crippen molar-refractivity contribution >= 4 is 11.7 Å². The standard InChI is InChI=1S/C26H30N4O2/c1-2-11-30-15-20-13-26(20,16-30)19-5-3-17(4-6-19)18-12-23(24(27)28-14-18)25(32)29-21-7-9-22(31)10-8-21/h1,3-6,12,14,20-22,31H,7-11,13,15-16H2,(H2,27,28)(H,29,32)/t20-,21-,22-,26+/m0/s1. The number of carbonyl (C=O) groups is 1. The van der Waals surface area contributed by atoms with Gasteiger partial charge in [0.15, 0.2) is 0 Å². The molecule has 0 unspecified atom stereocenters. The van der Waals surface area contributed by atoms with Crippen LogP contribution in [0.2, 0.25) is 0 Å². The lowest BCUT2D eigenvalue weighted by molar-refractivity contribution is 0.0868. The van der Waals surface area contributed by atoms with Crippen molar-refractivity contribution in [2.75, 3.05) is 25.4 Å². The Kier molecular flexibility index (Phi) is 5.40. The van der Waals surface area contributed by atoms with Crippen LogP contribution in [0.4, 0.5) is 5.82 Å². The predicted octanol–water partition coefficient (Wildman–Crippen LogP) is 2.57. The largest absolute Gasteiger partial charge is 0.393 e. The molecule has 6 nitrogen and oxygen atoms in total. The van der Waals surface area contributed by atoms with Gasteiger partial charge in [-0.05, 0) is 55.2 Å². The van der Waals surface area contributed by atoms with Gasteiger partial charge < -0.3 is 16.2 Å². The Morgan fingerprint density at radius 2 is 2.00 bits per heavy atom. The summed E-state index contributed by atoms with van der Waals surface area (Å²) in [5.74, 6) is 3.50. The van der Waals surface area contributed by atoms with Crippen LogP contribution in [0.1, 0.15) is 48.0 Å². The van der Waals surface area contributed by atoms with Gasteiger partial charge in [-0.25, -0.2) is 4.98 Å². The summed E-state index contributed by atoms with van der Waals surface area (Å²) in [6, 6.07) is 10.5. The molecule has 166 valence electrons. The molecule has 0 spiro atoms. The molecule has 0 radical (unpaired) electrons. The van der Waals surface area contributed by atoms with Gasteiger partial charge >= 0.3 is 0 Å². The summed E-state index contributed by atoms with van der Waals surface area (Å²) in [7, 11) is 0. The number of rotatable bonds is 5. The highest BCUT2D eigenvalue weighted by molar-refractivity contribution is 5.99. The molecule has 1 aromatic carbocycles. The number of nitrogens with one attached hydrogen (secondary N) is 1. The number of terminal acetylenes is 1. The van der Waals surface area contributed by atoms with E-state index in [9.17, 15) is 9.90 Å². The third-order valence-electron chi connectivity index (χ3n) is 7.52. The van der Waals surface area contributed by atoms with E-state index in [-0.39, 0.29) is 29.3 Å². The number of amides is 1. The number of carbonyl (C=O) groups excluding carboxylic acids is 1. The maximum absolute atomic E-state index is 12.8. The molecule has 0 bridgehead atoms. The van der Waals surface area contributed by atoms with Crippen LogP contribution in [0.5, 0.6) is 0 Å². The first-order chi connectivity index (χ1) is 15.5. The lowest BCUT2D eigenvalue weighted by Gasteiger charge is -2.26. The Bertz CT molecular complexity index is 1050. The van der Waals surface area contributed by atoms with E-state index >= 15 is 0 Å². The van der Waals surface area contributed by atoms with Crippen LogP contribution in [0, 0.1) is 18.3 Å². The summed E-state index contributed by atoms with van der Waals surface area (Å²) < 4.78 is 0. The quantitative estimate of drug-likeness (QED) is 0.634. The number of aromatic nitrogens is 1. The molecule has 2 atom stereocenters. The number of hydrogen-bond donors (Lipinski definition) is 3. The minimum Gasteiger partial charge on any atom is -0.393 e. The number of nitrogens with two attached hydrogens (primary N) is 1. The summed E-state index contributed by atoms with van der Waals surface area (Å²) in [5, 5.41) is 12.7. The van der Waals surface area contributed by atoms with E-state index in [0.29, 0.717) is 24.3 Å². The molecule has 1 saturated heterocycles. The topological polar surface area (TPSA) is 91.5 Å². The maximum Gasteiger partial charge on any atom is 0.255 e. The highest BCUT2D eigenvalue weighted by Gasteiger charge is 2.60. The third kappa shape index (κ3) is 3.87. The second-order valence-electron chi connectivity index (χ2n) is 9.64. The van der Waals surface area contributed by atoms with E-state index in [1.165, 1.54) is 12.0 Å². The van der Waals surface area contributed by atoms with Crippen LogP contribution in [0.25, 0.3) is 11.1 Å². The average molecular weight is 431 g/mol. The Hall–Kier alpha value is -2.88. The average Bonchev–Trinajstić information content (AvgIpc) is 3.37. The number of pyridine rings is 1. The number of benzene rings is 1. The first-order valence-electron chi connectivity index (χ1n) is 11.5. The van der Waals surface area contributed by atoms with Crippen molar-refractivity contribution < 1.29 is 9.90 Å². The lowest BCUT2D eigenvalue weighted by atomic mass is 9.92. The van der Waals surface area contributed by atoms with Gasteiger partial charge in [0.1, 0.15) is 5.82 Å². The smallest absolute Gasteiger partial charge is 0.255 e. The van der Waals surface area contributed by atoms with E-state index in [0.717, 1.165) is 43.6 Å². The maximum atomic E-state index is 12.8. The van der Waals surface area contributed by atoms with Crippen LogP contribution in [0.15, 0.2) is 36.5 Å². The molecule has 1 amide bonds. The number of hydrogen-bond acceptors (Lipinski definition) is 5. The van der Waals surface area contributed by atoms with E-state index < -0.39 is 0 Å². The molecular formula is C26H30N4O2. The number of piperidine rings is 1. The monoisotopic (exact) mass is 430 g/mol. The summed E-state index contributed by atoms with van der Waals surface area (Å²) in [4.78, 5) is 19.5. The minimum absolute atomic E-state index is 0.0689. The van der Waals surface area contributed by atoms with E-state index in [4.69, 9.17) is 12.2 Å². The minimum atomic E-state index is -0.253. The zero-order valence-electron chi connectivity index (χ0n) is 18.3. The number of aliphatic hydroxyl groups excluding tert-OH is 1. The fourth-order valence-corrected chi connectivity index (χ4v) is 5.58. The molecule has 2 aliphatic carbocycles. The van der Waals surface area contributed by atoms with Gasteiger partial charge in [-0.15, -0.1) is 6.42 Å². The second kappa shape index (κ2) is 8.23. The fraction of sp³-hybridized carbons (Fsp3) is 0.462. The number of aliphatic hydroxyl groups is 1. The van der Waals surface area contributed by atoms with Gasteiger partial charge in [0.25, 0.3) is 5.91 Å².